The first-order valence-electron chi connectivity index (χ1n) is 7.65. The van der Waals surface area contributed by atoms with Gasteiger partial charge >= 0.3 is 0 Å². The van der Waals surface area contributed by atoms with Crippen LogP contribution in [-0.4, -0.2) is 42.8 Å². The molecule has 118 valence electrons. The molecule has 1 aromatic rings. The number of methoxy groups -OCH3 is 1. The lowest BCUT2D eigenvalue weighted by Crippen LogP contribution is -2.37. The molecule has 1 aromatic carbocycles. The van der Waals surface area contributed by atoms with Crippen LogP contribution in [0.25, 0.3) is 0 Å². The molecule has 1 heterocycles. The monoisotopic (exact) mass is 356 g/mol. The molecule has 0 spiro atoms. The Morgan fingerprint density at radius 2 is 2.29 bits per heavy atom. The molecular weight excluding hydrogens is 332 g/mol. The van der Waals surface area contributed by atoms with Crippen molar-refractivity contribution in [2.45, 2.75) is 38.8 Å². The third-order valence-corrected chi connectivity index (χ3v) is 4.50. The maximum atomic E-state index is 9.89. The average molecular weight is 357 g/mol. The van der Waals surface area contributed by atoms with Crippen molar-refractivity contribution in [3.63, 3.8) is 0 Å². The van der Waals surface area contributed by atoms with Crippen LogP contribution in [0, 0.1) is 0 Å². The van der Waals surface area contributed by atoms with Gasteiger partial charge in [0.2, 0.25) is 0 Å². The highest BCUT2D eigenvalue weighted by Gasteiger charge is 2.18. The summed E-state index contributed by atoms with van der Waals surface area (Å²) in [6.07, 6.45) is 3.69. The zero-order valence-electron chi connectivity index (χ0n) is 12.9. The first-order valence-corrected chi connectivity index (χ1v) is 8.44. The summed E-state index contributed by atoms with van der Waals surface area (Å²) < 4.78 is 5.92. The lowest BCUT2D eigenvalue weighted by Gasteiger charge is -2.25. The van der Waals surface area contributed by atoms with Gasteiger partial charge in [-0.2, -0.15) is 0 Å². The van der Waals surface area contributed by atoms with E-state index in [0.29, 0.717) is 16.3 Å². The molecule has 0 amide bonds. The van der Waals surface area contributed by atoms with Crippen molar-refractivity contribution in [1.82, 2.24) is 10.2 Å². The second-order valence-corrected chi connectivity index (χ2v) is 6.51. The van der Waals surface area contributed by atoms with Gasteiger partial charge in [-0.3, -0.25) is 4.90 Å². The first kappa shape index (κ1) is 16.6. The van der Waals surface area contributed by atoms with E-state index < -0.39 is 0 Å². The number of nitrogens with zero attached hydrogens (tertiary/aromatic N) is 1. The molecule has 21 heavy (non-hydrogen) atoms. The summed E-state index contributed by atoms with van der Waals surface area (Å²) in [7, 11) is 1.58. The normalized spacial score (nSPS) is 18.4. The van der Waals surface area contributed by atoms with Crippen LogP contribution in [0.3, 0.4) is 0 Å². The minimum Gasteiger partial charge on any atom is -0.503 e. The summed E-state index contributed by atoms with van der Waals surface area (Å²) in [6, 6.07) is 4.51. The van der Waals surface area contributed by atoms with E-state index in [1.807, 2.05) is 12.1 Å². The summed E-state index contributed by atoms with van der Waals surface area (Å²) in [6.45, 7) is 6.39. The highest BCUT2D eigenvalue weighted by Crippen LogP contribution is 2.35. The van der Waals surface area contributed by atoms with Gasteiger partial charge in [0.25, 0.3) is 0 Å². The number of rotatable bonds is 7. The van der Waals surface area contributed by atoms with Crippen LogP contribution in [0.4, 0.5) is 0 Å². The Morgan fingerprint density at radius 3 is 2.90 bits per heavy atom. The molecule has 1 aliphatic heterocycles. The molecule has 1 saturated heterocycles. The summed E-state index contributed by atoms with van der Waals surface area (Å²) in [5.74, 6) is 0.690. The number of ether oxygens (including phenoxy) is 1. The molecule has 2 N–H and O–H groups in total. The third kappa shape index (κ3) is 4.59. The lowest BCUT2D eigenvalue weighted by atomic mass is 10.1. The Balaban J connectivity index is 2.06. The number of hydrogen-bond donors (Lipinski definition) is 2. The number of nitrogens with one attached hydrogen (secondary N) is 1. The highest BCUT2D eigenvalue weighted by molar-refractivity contribution is 9.10. The van der Waals surface area contributed by atoms with Crippen molar-refractivity contribution in [2.24, 2.45) is 0 Å². The second kappa shape index (κ2) is 8.01. The van der Waals surface area contributed by atoms with Crippen molar-refractivity contribution in [1.29, 1.82) is 0 Å². The first-order chi connectivity index (χ1) is 10.1. The molecule has 4 nitrogen and oxygen atoms in total. The van der Waals surface area contributed by atoms with Gasteiger partial charge in [-0.15, -0.1) is 0 Å². The van der Waals surface area contributed by atoms with E-state index in [4.69, 9.17) is 4.74 Å². The molecule has 0 saturated carbocycles. The fourth-order valence-electron chi connectivity index (χ4n) is 2.91. The Hall–Kier alpha value is -0.780. The van der Waals surface area contributed by atoms with E-state index in [1.165, 1.54) is 12.8 Å². The zero-order chi connectivity index (χ0) is 15.2. The summed E-state index contributed by atoms with van der Waals surface area (Å²) >= 11 is 3.39. The molecular formula is C16H25BrN2O2. The highest BCUT2D eigenvalue weighted by atomic mass is 79.9. The van der Waals surface area contributed by atoms with Gasteiger partial charge < -0.3 is 15.2 Å². The molecule has 1 unspecified atom stereocenters. The number of phenols is 1. The Bertz CT molecular complexity index is 462. The van der Waals surface area contributed by atoms with Crippen LogP contribution in [0.2, 0.25) is 0 Å². The van der Waals surface area contributed by atoms with Gasteiger partial charge in [-0.05, 0) is 66.0 Å². The molecule has 0 aromatic heterocycles. The zero-order valence-corrected chi connectivity index (χ0v) is 14.4. The number of halogens is 1. The van der Waals surface area contributed by atoms with Crippen LogP contribution < -0.4 is 10.1 Å². The number of benzene rings is 1. The fourth-order valence-corrected chi connectivity index (χ4v) is 3.40. The molecule has 0 aliphatic carbocycles. The van der Waals surface area contributed by atoms with Crippen molar-refractivity contribution in [3.05, 3.63) is 22.2 Å². The van der Waals surface area contributed by atoms with Gasteiger partial charge in [-0.25, -0.2) is 0 Å². The molecule has 1 aliphatic rings. The molecule has 0 bridgehead atoms. The SMILES string of the molecule is CCCN(Cc1cc(Br)c(O)c(OC)c1)CC1CCCN1. The maximum Gasteiger partial charge on any atom is 0.172 e. The average Bonchev–Trinajstić information content (AvgIpc) is 2.95. The van der Waals surface area contributed by atoms with E-state index in [1.54, 1.807) is 7.11 Å². The predicted octanol–water partition coefficient (Wildman–Crippen LogP) is 3.13. The van der Waals surface area contributed by atoms with Gasteiger partial charge in [0.15, 0.2) is 11.5 Å². The number of hydrogen-bond acceptors (Lipinski definition) is 4. The van der Waals surface area contributed by atoms with Crippen molar-refractivity contribution in [3.8, 4) is 11.5 Å². The van der Waals surface area contributed by atoms with Crippen LogP contribution in [-0.2, 0) is 6.54 Å². The molecule has 2 rings (SSSR count). The summed E-state index contributed by atoms with van der Waals surface area (Å²) in [4.78, 5) is 2.47. The number of phenolic OH excluding ortho intramolecular Hbond substituents is 1. The van der Waals surface area contributed by atoms with E-state index in [2.05, 4.69) is 33.1 Å². The van der Waals surface area contributed by atoms with Crippen molar-refractivity contribution < 1.29 is 9.84 Å². The van der Waals surface area contributed by atoms with Crippen LogP contribution in [0.15, 0.2) is 16.6 Å². The van der Waals surface area contributed by atoms with Crippen LogP contribution in [0.1, 0.15) is 31.7 Å². The van der Waals surface area contributed by atoms with Crippen LogP contribution in [0.5, 0.6) is 11.5 Å². The Labute approximate surface area is 135 Å². The number of aromatic hydroxyl groups is 1. The molecule has 1 atom stereocenters. The topological polar surface area (TPSA) is 44.7 Å². The van der Waals surface area contributed by atoms with Gasteiger partial charge in [0.05, 0.1) is 11.6 Å². The second-order valence-electron chi connectivity index (χ2n) is 5.66. The summed E-state index contributed by atoms with van der Waals surface area (Å²) in [5.41, 5.74) is 1.16. The van der Waals surface area contributed by atoms with Crippen molar-refractivity contribution >= 4 is 15.9 Å². The Morgan fingerprint density at radius 1 is 1.48 bits per heavy atom. The molecule has 0 radical (unpaired) electrons. The predicted molar refractivity (Wildman–Crippen MR) is 89.0 cm³/mol. The van der Waals surface area contributed by atoms with E-state index in [-0.39, 0.29) is 5.75 Å². The third-order valence-electron chi connectivity index (χ3n) is 3.90. The smallest absolute Gasteiger partial charge is 0.172 e. The van der Waals surface area contributed by atoms with E-state index >= 15 is 0 Å². The van der Waals surface area contributed by atoms with E-state index in [0.717, 1.165) is 38.2 Å². The van der Waals surface area contributed by atoms with Crippen LogP contribution >= 0.6 is 15.9 Å². The van der Waals surface area contributed by atoms with E-state index in [9.17, 15) is 5.11 Å². The minimum absolute atomic E-state index is 0.167. The fraction of sp³-hybridized carbons (Fsp3) is 0.625. The van der Waals surface area contributed by atoms with Gasteiger partial charge in [-0.1, -0.05) is 6.92 Å². The van der Waals surface area contributed by atoms with Gasteiger partial charge in [0.1, 0.15) is 0 Å². The standard InChI is InChI=1S/C16H25BrN2O2/c1-3-7-19(11-13-5-4-6-18-13)10-12-8-14(17)16(20)15(9-12)21-2/h8-9,13,18,20H,3-7,10-11H2,1-2H3. The maximum absolute atomic E-state index is 9.89. The Kier molecular flexibility index (Phi) is 6.33. The van der Waals surface area contributed by atoms with Crippen molar-refractivity contribution in [2.75, 3.05) is 26.7 Å². The quantitative estimate of drug-likeness (QED) is 0.787. The molecule has 1 fully saturated rings. The molecule has 5 heteroatoms. The minimum atomic E-state index is 0.167. The van der Waals surface area contributed by atoms with Gasteiger partial charge in [0, 0.05) is 19.1 Å². The lowest BCUT2D eigenvalue weighted by molar-refractivity contribution is 0.241. The largest absolute Gasteiger partial charge is 0.503 e. The summed E-state index contributed by atoms with van der Waals surface area (Å²) in [5, 5.41) is 13.5.